The van der Waals surface area contributed by atoms with Crippen molar-refractivity contribution in [2.75, 3.05) is 0 Å². The lowest BCUT2D eigenvalue weighted by Crippen LogP contribution is -2.11. The van der Waals surface area contributed by atoms with Crippen LogP contribution in [0, 0.1) is 5.41 Å². The third kappa shape index (κ3) is 2.44. The molecule has 1 unspecified atom stereocenters. The Morgan fingerprint density at radius 2 is 1.75 bits per heavy atom. The van der Waals surface area contributed by atoms with Gasteiger partial charge in [0.2, 0.25) is 0 Å². The van der Waals surface area contributed by atoms with Crippen LogP contribution in [0.5, 0.6) is 0 Å². The quantitative estimate of drug-likeness (QED) is 0.633. The molecule has 0 N–H and O–H groups in total. The summed E-state index contributed by atoms with van der Waals surface area (Å²) in [6.07, 6.45) is 8.14. The fourth-order valence-electron chi connectivity index (χ4n) is 2.11. The average molecular weight is 212 g/mol. The molecule has 16 heavy (non-hydrogen) atoms. The lowest BCUT2D eigenvalue weighted by atomic mass is 9.79. The molecule has 0 amide bonds. The summed E-state index contributed by atoms with van der Waals surface area (Å²) in [6.45, 7) is 6.82. The van der Waals surface area contributed by atoms with Gasteiger partial charge in [0.1, 0.15) is 0 Å². The van der Waals surface area contributed by atoms with E-state index in [1.807, 2.05) is 0 Å². The van der Waals surface area contributed by atoms with Gasteiger partial charge in [-0.3, -0.25) is 0 Å². The maximum Gasteiger partial charge on any atom is 0.00586 e. The van der Waals surface area contributed by atoms with Gasteiger partial charge >= 0.3 is 0 Å². The van der Waals surface area contributed by atoms with E-state index in [4.69, 9.17) is 0 Å². The molecule has 1 atom stereocenters. The van der Waals surface area contributed by atoms with Crippen molar-refractivity contribution in [1.29, 1.82) is 0 Å². The number of hydrogen-bond acceptors (Lipinski definition) is 0. The molecule has 0 aliphatic heterocycles. The normalized spacial score (nSPS) is 20.7. The molecule has 84 valence electrons. The zero-order valence-electron chi connectivity index (χ0n) is 10.4. The Balaban J connectivity index is 2.27. The first kappa shape index (κ1) is 11.2. The fraction of sp³-hybridized carbons (Fsp3) is 0.375. The van der Waals surface area contributed by atoms with Gasteiger partial charge in [0.15, 0.2) is 0 Å². The van der Waals surface area contributed by atoms with E-state index in [0.29, 0.717) is 5.92 Å². The molecule has 0 heterocycles. The standard InChI is InChI=1S/C16H20/c1-16(2,3)15-11-7-10-14(12-15)13-8-5-4-6-9-13/h4-9,11-12,14H,10H2,1-3H3. The van der Waals surface area contributed by atoms with Crippen molar-refractivity contribution in [2.24, 2.45) is 5.41 Å². The highest BCUT2D eigenvalue weighted by molar-refractivity contribution is 5.35. The maximum absolute atomic E-state index is 2.43. The Hall–Kier alpha value is -1.30. The van der Waals surface area contributed by atoms with Crippen LogP contribution in [0.3, 0.4) is 0 Å². The van der Waals surface area contributed by atoms with Crippen molar-refractivity contribution < 1.29 is 0 Å². The van der Waals surface area contributed by atoms with Crippen molar-refractivity contribution in [2.45, 2.75) is 33.1 Å². The average Bonchev–Trinajstić information content (AvgIpc) is 2.29. The van der Waals surface area contributed by atoms with Gasteiger partial charge in [0, 0.05) is 5.92 Å². The van der Waals surface area contributed by atoms with E-state index in [-0.39, 0.29) is 5.41 Å². The molecule has 0 fully saturated rings. The van der Waals surface area contributed by atoms with Crippen LogP contribution >= 0.6 is 0 Å². The van der Waals surface area contributed by atoms with Gasteiger partial charge in [-0.15, -0.1) is 0 Å². The highest BCUT2D eigenvalue weighted by Gasteiger charge is 2.19. The third-order valence-corrected chi connectivity index (χ3v) is 3.16. The molecule has 1 aromatic rings. The van der Waals surface area contributed by atoms with Crippen molar-refractivity contribution in [3.63, 3.8) is 0 Å². The number of benzene rings is 1. The molecule has 1 aromatic carbocycles. The summed E-state index contributed by atoms with van der Waals surface area (Å²) in [7, 11) is 0. The Bertz CT molecular complexity index is 401. The van der Waals surface area contributed by atoms with Crippen molar-refractivity contribution in [1.82, 2.24) is 0 Å². The van der Waals surface area contributed by atoms with Crippen molar-refractivity contribution in [3.8, 4) is 0 Å². The van der Waals surface area contributed by atoms with Crippen LogP contribution in [0.2, 0.25) is 0 Å². The molecule has 1 aliphatic rings. The Morgan fingerprint density at radius 3 is 2.38 bits per heavy atom. The predicted octanol–water partition coefficient (Wildman–Crippen LogP) is 4.70. The van der Waals surface area contributed by atoms with E-state index in [9.17, 15) is 0 Å². The number of hydrogen-bond donors (Lipinski definition) is 0. The topological polar surface area (TPSA) is 0 Å². The third-order valence-electron chi connectivity index (χ3n) is 3.16. The van der Waals surface area contributed by atoms with Gasteiger partial charge < -0.3 is 0 Å². The first-order valence-electron chi connectivity index (χ1n) is 6.01. The van der Waals surface area contributed by atoms with Gasteiger partial charge in [-0.1, -0.05) is 69.3 Å². The SMILES string of the molecule is CC(C)(C)C1=CC(c2ccccc2)CC=C1. The molecule has 0 bridgehead atoms. The van der Waals surface area contributed by atoms with Crippen LogP contribution in [0.25, 0.3) is 0 Å². The minimum atomic E-state index is 0.254. The zero-order valence-corrected chi connectivity index (χ0v) is 10.4. The van der Waals surface area contributed by atoms with Gasteiger partial charge in [-0.2, -0.15) is 0 Å². The molecular formula is C16H20. The fourth-order valence-corrected chi connectivity index (χ4v) is 2.11. The van der Waals surface area contributed by atoms with Crippen LogP contribution in [-0.4, -0.2) is 0 Å². The summed E-state index contributed by atoms with van der Waals surface area (Å²) in [6, 6.07) is 10.8. The molecule has 0 radical (unpaired) electrons. The molecule has 0 saturated carbocycles. The summed E-state index contributed by atoms with van der Waals surface area (Å²) in [4.78, 5) is 0. The second-order valence-electron chi connectivity index (χ2n) is 5.53. The van der Waals surface area contributed by atoms with Gasteiger partial charge in [-0.25, -0.2) is 0 Å². The lowest BCUT2D eigenvalue weighted by Gasteiger charge is -2.26. The Morgan fingerprint density at radius 1 is 1.06 bits per heavy atom. The molecule has 0 heteroatoms. The largest absolute Gasteiger partial charge is 0.0833 e. The molecule has 0 spiro atoms. The number of rotatable bonds is 1. The molecular weight excluding hydrogens is 192 g/mol. The van der Waals surface area contributed by atoms with Gasteiger partial charge in [0.25, 0.3) is 0 Å². The first-order valence-corrected chi connectivity index (χ1v) is 6.01. The summed E-state index contributed by atoms with van der Waals surface area (Å²) in [5.41, 5.74) is 3.13. The highest BCUT2D eigenvalue weighted by atomic mass is 14.2. The minimum absolute atomic E-state index is 0.254. The Labute approximate surface area is 98.7 Å². The smallest absolute Gasteiger partial charge is 0.00586 e. The summed E-state index contributed by atoms with van der Waals surface area (Å²) < 4.78 is 0. The minimum Gasteiger partial charge on any atom is -0.0833 e. The zero-order chi connectivity index (χ0) is 11.6. The van der Waals surface area contributed by atoms with Crippen LogP contribution in [0.1, 0.15) is 38.7 Å². The summed E-state index contributed by atoms with van der Waals surface area (Å²) in [5.74, 6) is 0.556. The lowest BCUT2D eigenvalue weighted by molar-refractivity contribution is 0.509. The van der Waals surface area contributed by atoms with E-state index in [0.717, 1.165) is 6.42 Å². The predicted molar refractivity (Wildman–Crippen MR) is 70.5 cm³/mol. The van der Waals surface area contributed by atoms with Gasteiger partial charge in [0.05, 0.1) is 0 Å². The van der Waals surface area contributed by atoms with Crippen molar-refractivity contribution >= 4 is 0 Å². The van der Waals surface area contributed by atoms with E-state index in [1.165, 1.54) is 11.1 Å². The monoisotopic (exact) mass is 212 g/mol. The van der Waals surface area contributed by atoms with Crippen LogP contribution in [-0.2, 0) is 0 Å². The van der Waals surface area contributed by atoms with E-state index >= 15 is 0 Å². The van der Waals surface area contributed by atoms with Crippen LogP contribution in [0.4, 0.5) is 0 Å². The van der Waals surface area contributed by atoms with Crippen LogP contribution < -0.4 is 0 Å². The van der Waals surface area contributed by atoms with Gasteiger partial charge in [-0.05, 0) is 23.0 Å². The van der Waals surface area contributed by atoms with Crippen molar-refractivity contribution in [3.05, 3.63) is 59.7 Å². The Kier molecular flexibility index (Phi) is 3.00. The number of allylic oxidation sites excluding steroid dienone is 4. The van der Waals surface area contributed by atoms with E-state index < -0.39 is 0 Å². The summed E-state index contributed by atoms with van der Waals surface area (Å²) >= 11 is 0. The van der Waals surface area contributed by atoms with E-state index in [1.54, 1.807) is 0 Å². The molecule has 2 rings (SSSR count). The second kappa shape index (κ2) is 4.29. The second-order valence-corrected chi connectivity index (χ2v) is 5.53. The highest BCUT2D eigenvalue weighted by Crippen LogP contribution is 2.34. The molecule has 1 aliphatic carbocycles. The van der Waals surface area contributed by atoms with Crippen LogP contribution in [0.15, 0.2) is 54.1 Å². The molecule has 0 aromatic heterocycles. The molecule has 0 nitrogen and oxygen atoms in total. The first-order chi connectivity index (χ1) is 7.57. The maximum atomic E-state index is 2.43. The van der Waals surface area contributed by atoms with E-state index in [2.05, 4.69) is 69.3 Å². The summed E-state index contributed by atoms with van der Waals surface area (Å²) in [5, 5.41) is 0. The molecule has 0 saturated heterocycles.